The van der Waals surface area contributed by atoms with E-state index >= 15 is 0 Å². The lowest BCUT2D eigenvalue weighted by atomic mass is 10.1. The quantitative estimate of drug-likeness (QED) is 0.691. The third kappa shape index (κ3) is 5.47. The molecule has 8 heteroatoms. The highest BCUT2D eigenvalue weighted by Crippen LogP contribution is 2.19. The fourth-order valence-electron chi connectivity index (χ4n) is 2.40. The normalized spacial score (nSPS) is 9.96. The van der Waals surface area contributed by atoms with E-state index in [2.05, 4.69) is 14.8 Å². The fraction of sp³-hybridized carbons (Fsp3) is 0.250. The Morgan fingerprint density at radius 3 is 2.07 bits per heavy atom. The number of carbonyl (C=O) groups is 3. The predicted octanol–water partition coefficient (Wildman–Crippen LogP) is 1.96. The van der Waals surface area contributed by atoms with Gasteiger partial charge in [0.15, 0.2) is 6.61 Å². The molecule has 1 N–H and O–H groups in total. The smallest absolute Gasteiger partial charge is 0.338 e. The third-order valence-corrected chi connectivity index (χ3v) is 3.79. The van der Waals surface area contributed by atoms with E-state index in [1.54, 1.807) is 13.2 Å². The van der Waals surface area contributed by atoms with Crippen molar-refractivity contribution < 1.29 is 33.3 Å². The van der Waals surface area contributed by atoms with E-state index in [9.17, 15) is 14.4 Å². The minimum Gasteiger partial charge on any atom is -0.496 e. The molecule has 0 saturated carbocycles. The van der Waals surface area contributed by atoms with Gasteiger partial charge in [0.05, 0.1) is 32.5 Å². The molecule has 0 fully saturated rings. The average molecular weight is 387 g/mol. The first-order valence-electron chi connectivity index (χ1n) is 8.31. The number of hydrogen-bond donors (Lipinski definition) is 1. The monoisotopic (exact) mass is 387 g/mol. The zero-order valence-electron chi connectivity index (χ0n) is 15.8. The fourth-order valence-corrected chi connectivity index (χ4v) is 2.40. The number of hydrogen-bond acceptors (Lipinski definition) is 7. The van der Waals surface area contributed by atoms with Crippen molar-refractivity contribution in [3.63, 3.8) is 0 Å². The number of nitrogens with one attached hydrogen (secondary N) is 1. The predicted molar refractivity (Wildman–Crippen MR) is 99.5 cm³/mol. The molecule has 0 radical (unpaired) electrons. The Labute approximate surface area is 162 Å². The topological polar surface area (TPSA) is 100 Å². The summed E-state index contributed by atoms with van der Waals surface area (Å²) in [5.41, 5.74) is 1.03. The van der Waals surface area contributed by atoms with Gasteiger partial charge in [-0.1, -0.05) is 18.2 Å². The first-order valence-corrected chi connectivity index (χ1v) is 8.31. The van der Waals surface area contributed by atoms with E-state index in [0.29, 0.717) is 5.75 Å². The van der Waals surface area contributed by atoms with Gasteiger partial charge in [0.25, 0.3) is 5.91 Å². The number of ether oxygens (including phenoxy) is 4. The molecular formula is C20H21NO7. The first kappa shape index (κ1) is 20.8. The second-order valence-corrected chi connectivity index (χ2v) is 5.61. The molecular weight excluding hydrogens is 366 g/mol. The van der Waals surface area contributed by atoms with Gasteiger partial charge in [-0.05, 0) is 24.3 Å². The van der Waals surface area contributed by atoms with Crippen LogP contribution < -0.4 is 14.8 Å². The van der Waals surface area contributed by atoms with Crippen molar-refractivity contribution in [1.82, 2.24) is 5.32 Å². The van der Waals surface area contributed by atoms with Crippen LogP contribution in [-0.4, -0.2) is 45.8 Å². The van der Waals surface area contributed by atoms with Crippen molar-refractivity contribution in [1.29, 1.82) is 0 Å². The van der Waals surface area contributed by atoms with Crippen LogP contribution in [0.2, 0.25) is 0 Å². The Hall–Kier alpha value is -3.55. The third-order valence-electron chi connectivity index (χ3n) is 3.79. The summed E-state index contributed by atoms with van der Waals surface area (Å²) in [7, 11) is 3.99. The van der Waals surface area contributed by atoms with Crippen molar-refractivity contribution in [2.75, 3.05) is 27.9 Å². The molecule has 2 aromatic carbocycles. The Bertz CT molecular complexity index is 829. The van der Waals surface area contributed by atoms with Gasteiger partial charge < -0.3 is 24.3 Å². The summed E-state index contributed by atoms with van der Waals surface area (Å²) in [6.07, 6.45) is 0. The molecule has 0 unspecified atom stereocenters. The van der Waals surface area contributed by atoms with Crippen molar-refractivity contribution in [2.45, 2.75) is 6.54 Å². The number of esters is 2. The number of para-hydroxylation sites is 1. The van der Waals surface area contributed by atoms with Gasteiger partial charge in [-0.3, -0.25) is 4.79 Å². The molecule has 0 aliphatic heterocycles. The van der Waals surface area contributed by atoms with Crippen LogP contribution in [0.25, 0.3) is 0 Å². The van der Waals surface area contributed by atoms with E-state index < -0.39 is 11.9 Å². The van der Waals surface area contributed by atoms with Crippen molar-refractivity contribution in [2.24, 2.45) is 0 Å². The van der Waals surface area contributed by atoms with Gasteiger partial charge in [-0.15, -0.1) is 0 Å². The van der Waals surface area contributed by atoms with E-state index in [1.165, 1.54) is 32.4 Å². The zero-order valence-corrected chi connectivity index (χ0v) is 15.8. The van der Waals surface area contributed by atoms with Crippen LogP contribution >= 0.6 is 0 Å². The Morgan fingerprint density at radius 1 is 0.893 bits per heavy atom. The maximum atomic E-state index is 12.1. The Morgan fingerprint density at radius 2 is 1.50 bits per heavy atom. The van der Waals surface area contributed by atoms with Crippen molar-refractivity contribution >= 4 is 17.8 Å². The minimum atomic E-state index is -0.642. The van der Waals surface area contributed by atoms with Crippen molar-refractivity contribution in [3.8, 4) is 11.5 Å². The number of rotatable bonds is 8. The largest absolute Gasteiger partial charge is 0.496 e. The maximum Gasteiger partial charge on any atom is 0.338 e. The average Bonchev–Trinajstić information content (AvgIpc) is 2.74. The summed E-state index contributed by atoms with van der Waals surface area (Å²) in [5.74, 6) is -0.839. The summed E-state index contributed by atoms with van der Waals surface area (Å²) < 4.78 is 20.0. The van der Waals surface area contributed by atoms with Gasteiger partial charge in [-0.25, -0.2) is 9.59 Å². The van der Waals surface area contributed by atoms with E-state index in [0.717, 1.165) is 5.56 Å². The van der Waals surface area contributed by atoms with Crippen molar-refractivity contribution in [3.05, 3.63) is 59.2 Å². The Balaban J connectivity index is 2.03. The molecule has 0 aliphatic rings. The maximum absolute atomic E-state index is 12.1. The minimum absolute atomic E-state index is 0.106. The van der Waals surface area contributed by atoms with E-state index in [-0.39, 0.29) is 35.9 Å². The molecule has 0 heterocycles. The zero-order chi connectivity index (χ0) is 20.5. The molecule has 0 aliphatic carbocycles. The number of methoxy groups -OCH3 is 3. The molecule has 0 atom stereocenters. The number of amides is 1. The van der Waals surface area contributed by atoms with E-state index in [1.807, 2.05) is 18.2 Å². The second-order valence-electron chi connectivity index (χ2n) is 5.61. The molecule has 0 bridgehead atoms. The summed E-state index contributed by atoms with van der Waals surface area (Å²) in [4.78, 5) is 35.6. The molecule has 0 aromatic heterocycles. The van der Waals surface area contributed by atoms with Crippen LogP contribution in [0.4, 0.5) is 0 Å². The highest BCUT2D eigenvalue weighted by molar-refractivity contribution is 5.96. The summed E-state index contributed by atoms with van der Waals surface area (Å²) in [6.45, 7) is -0.0395. The molecule has 28 heavy (non-hydrogen) atoms. The number of carbonyl (C=O) groups excluding carboxylic acids is 3. The van der Waals surface area contributed by atoms with Gasteiger partial charge in [0.1, 0.15) is 11.5 Å². The molecule has 0 spiro atoms. The van der Waals surface area contributed by atoms with Crippen LogP contribution in [0.15, 0.2) is 42.5 Å². The molecule has 148 valence electrons. The van der Waals surface area contributed by atoms with Gasteiger partial charge >= 0.3 is 11.9 Å². The van der Waals surface area contributed by atoms with Crippen LogP contribution in [0.5, 0.6) is 11.5 Å². The summed E-state index contributed by atoms with van der Waals surface area (Å²) in [6, 6.07) is 11.4. The highest BCUT2D eigenvalue weighted by Gasteiger charge is 2.15. The SMILES string of the molecule is COC(=O)c1cc(OCC(=O)NCc2ccccc2OC)cc(C(=O)OC)c1. The second kappa shape index (κ2) is 9.96. The van der Waals surface area contributed by atoms with Gasteiger partial charge in [0.2, 0.25) is 0 Å². The molecule has 8 nitrogen and oxygen atoms in total. The highest BCUT2D eigenvalue weighted by atomic mass is 16.5. The Kier molecular flexibility index (Phi) is 7.38. The van der Waals surface area contributed by atoms with Gasteiger partial charge in [-0.2, -0.15) is 0 Å². The molecule has 2 aromatic rings. The lowest BCUT2D eigenvalue weighted by molar-refractivity contribution is -0.123. The lowest BCUT2D eigenvalue weighted by Gasteiger charge is -2.11. The molecule has 0 saturated heterocycles. The summed E-state index contributed by atoms with van der Waals surface area (Å²) in [5, 5.41) is 2.71. The lowest BCUT2D eigenvalue weighted by Crippen LogP contribution is -2.28. The van der Waals surface area contributed by atoms with Gasteiger partial charge in [0, 0.05) is 12.1 Å². The standard InChI is InChI=1S/C20H21NO7/c1-25-17-7-5-4-6-13(17)11-21-18(22)12-28-16-9-14(19(23)26-2)8-15(10-16)20(24)27-3/h4-10H,11-12H2,1-3H3,(H,21,22). The van der Waals surface area contributed by atoms with Crippen LogP contribution in [0, 0.1) is 0 Å². The van der Waals surface area contributed by atoms with Crippen LogP contribution in [0.1, 0.15) is 26.3 Å². The summed E-state index contributed by atoms with van der Waals surface area (Å²) >= 11 is 0. The molecule has 2 rings (SSSR count). The van der Waals surface area contributed by atoms with Crippen LogP contribution in [-0.2, 0) is 20.8 Å². The first-order chi connectivity index (χ1) is 13.5. The van der Waals surface area contributed by atoms with E-state index in [4.69, 9.17) is 9.47 Å². The number of benzene rings is 2. The molecule has 1 amide bonds. The van der Waals surface area contributed by atoms with Crippen LogP contribution in [0.3, 0.4) is 0 Å².